The maximum absolute atomic E-state index is 11.5. The summed E-state index contributed by atoms with van der Waals surface area (Å²) in [5.41, 5.74) is 2.19. The standard InChI is InChI=1S/C18H16N4O4/c1-21(18(23)26-2)13-5-3-12(4-6-13)20-16-7-8-17(22(24)25)15-11-19-10-9-14(15)16/h3-11,20H,1-2H3. The highest BCUT2D eigenvalue weighted by Crippen LogP contribution is 2.32. The van der Waals surface area contributed by atoms with Gasteiger partial charge in [-0.3, -0.25) is 20.0 Å². The number of methoxy groups -OCH3 is 1. The fraction of sp³-hybridized carbons (Fsp3) is 0.111. The number of nitrogens with one attached hydrogen (secondary N) is 1. The number of carbonyl (C=O) groups excluding carboxylic acids is 1. The first-order chi connectivity index (χ1) is 12.5. The second-order valence-corrected chi connectivity index (χ2v) is 5.51. The predicted molar refractivity (Wildman–Crippen MR) is 98.9 cm³/mol. The van der Waals surface area contributed by atoms with E-state index in [1.165, 1.54) is 24.3 Å². The largest absolute Gasteiger partial charge is 0.452 e. The van der Waals surface area contributed by atoms with Crippen LogP contribution >= 0.6 is 0 Å². The van der Waals surface area contributed by atoms with E-state index in [0.29, 0.717) is 16.5 Å². The Morgan fingerprint density at radius 1 is 1.15 bits per heavy atom. The van der Waals surface area contributed by atoms with Crippen molar-refractivity contribution in [2.24, 2.45) is 0 Å². The number of carbonyl (C=O) groups is 1. The van der Waals surface area contributed by atoms with Crippen LogP contribution in [0.1, 0.15) is 0 Å². The van der Waals surface area contributed by atoms with E-state index in [1.807, 2.05) is 12.1 Å². The Kier molecular flexibility index (Phi) is 4.66. The number of nitro benzene ring substituents is 1. The lowest BCUT2D eigenvalue weighted by Gasteiger charge is -2.16. The SMILES string of the molecule is COC(=O)N(C)c1ccc(Nc2ccc([N+](=O)[O-])c3cnccc23)cc1. The first-order valence-corrected chi connectivity index (χ1v) is 7.71. The molecule has 3 rings (SSSR count). The number of amides is 1. The molecule has 0 fully saturated rings. The van der Waals surface area contributed by atoms with Crippen LogP contribution < -0.4 is 10.2 Å². The van der Waals surface area contributed by atoms with E-state index in [9.17, 15) is 14.9 Å². The molecule has 1 N–H and O–H groups in total. The molecular formula is C18H16N4O4. The van der Waals surface area contributed by atoms with Crippen LogP contribution in [0.5, 0.6) is 0 Å². The molecule has 0 aliphatic heterocycles. The number of non-ortho nitro benzene ring substituents is 1. The maximum atomic E-state index is 11.5. The monoisotopic (exact) mass is 352 g/mol. The minimum Gasteiger partial charge on any atom is -0.452 e. The average Bonchev–Trinajstić information content (AvgIpc) is 2.67. The molecule has 1 heterocycles. The van der Waals surface area contributed by atoms with E-state index in [1.54, 1.807) is 37.5 Å². The zero-order valence-electron chi connectivity index (χ0n) is 14.2. The van der Waals surface area contributed by atoms with Gasteiger partial charge < -0.3 is 10.1 Å². The predicted octanol–water partition coefficient (Wildman–Crippen LogP) is 4.09. The van der Waals surface area contributed by atoms with Crippen molar-refractivity contribution >= 4 is 39.6 Å². The minimum atomic E-state index is -0.459. The number of pyridine rings is 1. The molecule has 0 aliphatic carbocycles. The molecule has 0 atom stereocenters. The third kappa shape index (κ3) is 3.25. The summed E-state index contributed by atoms with van der Waals surface area (Å²) in [5.74, 6) is 0. The first-order valence-electron chi connectivity index (χ1n) is 7.71. The number of anilines is 3. The Hall–Kier alpha value is -3.68. The van der Waals surface area contributed by atoms with Gasteiger partial charge in [0.15, 0.2) is 0 Å². The van der Waals surface area contributed by atoms with Crippen LogP contribution in [0.15, 0.2) is 54.9 Å². The summed E-state index contributed by atoms with van der Waals surface area (Å²) in [4.78, 5) is 27.7. The molecular weight excluding hydrogens is 336 g/mol. The summed E-state index contributed by atoms with van der Waals surface area (Å²) in [6.45, 7) is 0. The number of nitrogens with zero attached hydrogens (tertiary/aromatic N) is 3. The Labute approximate surface area is 149 Å². The van der Waals surface area contributed by atoms with Gasteiger partial charge in [-0.1, -0.05) is 0 Å². The van der Waals surface area contributed by atoms with E-state index >= 15 is 0 Å². The number of ether oxygens (including phenoxy) is 1. The molecule has 0 saturated heterocycles. The second-order valence-electron chi connectivity index (χ2n) is 5.51. The van der Waals surface area contributed by atoms with Gasteiger partial charge in [-0.25, -0.2) is 4.79 Å². The van der Waals surface area contributed by atoms with Crippen molar-refractivity contribution in [3.63, 3.8) is 0 Å². The summed E-state index contributed by atoms with van der Waals surface area (Å²) in [6, 6.07) is 12.0. The number of rotatable bonds is 4. The minimum absolute atomic E-state index is 0.00806. The van der Waals surface area contributed by atoms with Crippen molar-refractivity contribution in [1.29, 1.82) is 0 Å². The number of benzene rings is 2. The lowest BCUT2D eigenvalue weighted by Crippen LogP contribution is -2.25. The van der Waals surface area contributed by atoms with Crippen LogP contribution in [0.3, 0.4) is 0 Å². The van der Waals surface area contributed by atoms with Gasteiger partial charge in [-0.2, -0.15) is 0 Å². The number of nitro groups is 1. The highest BCUT2D eigenvalue weighted by Gasteiger charge is 2.15. The molecule has 2 aromatic carbocycles. The van der Waals surface area contributed by atoms with E-state index < -0.39 is 11.0 Å². The highest BCUT2D eigenvalue weighted by atomic mass is 16.6. The van der Waals surface area contributed by atoms with Crippen molar-refractivity contribution in [2.45, 2.75) is 0 Å². The lowest BCUT2D eigenvalue weighted by molar-refractivity contribution is -0.383. The van der Waals surface area contributed by atoms with Gasteiger partial charge in [0.1, 0.15) is 0 Å². The van der Waals surface area contributed by atoms with Gasteiger partial charge in [0, 0.05) is 48.0 Å². The van der Waals surface area contributed by atoms with Crippen molar-refractivity contribution < 1.29 is 14.5 Å². The zero-order chi connectivity index (χ0) is 18.7. The molecule has 132 valence electrons. The lowest BCUT2D eigenvalue weighted by atomic mass is 10.1. The van der Waals surface area contributed by atoms with Crippen LogP contribution in [-0.4, -0.2) is 30.2 Å². The van der Waals surface area contributed by atoms with E-state index in [4.69, 9.17) is 0 Å². The zero-order valence-corrected chi connectivity index (χ0v) is 14.2. The quantitative estimate of drug-likeness (QED) is 0.561. The van der Waals surface area contributed by atoms with Crippen molar-refractivity contribution in [3.8, 4) is 0 Å². The van der Waals surface area contributed by atoms with Gasteiger partial charge >= 0.3 is 6.09 Å². The van der Waals surface area contributed by atoms with Gasteiger partial charge in [0.05, 0.1) is 17.4 Å². The second kappa shape index (κ2) is 7.06. The number of hydrogen-bond acceptors (Lipinski definition) is 6. The highest BCUT2D eigenvalue weighted by molar-refractivity contribution is 6.00. The van der Waals surface area contributed by atoms with E-state index in [2.05, 4.69) is 15.0 Å². The van der Waals surface area contributed by atoms with Crippen molar-refractivity contribution in [2.75, 3.05) is 24.4 Å². The van der Waals surface area contributed by atoms with Crippen LogP contribution in [0.25, 0.3) is 10.8 Å². The molecule has 8 heteroatoms. The van der Waals surface area contributed by atoms with E-state index in [-0.39, 0.29) is 5.69 Å². The van der Waals surface area contributed by atoms with Crippen molar-refractivity contribution in [1.82, 2.24) is 4.98 Å². The van der Waals surface area contributed by atoms with Crippen LogP contribution in [-0.2, 0) is 4.74 Å². The molecule has 0 radical (unpaired) electrons. The molecule has 0 bridgehead atoms. The molecule has 0 saturated carbocycles. The summed E-state index contributed by atoms with van der Waals surface area (Å²) < 4.78 is 4.68. The average molecular weight is 352 g/mol. The van der Waals surface area contributed by atoms with Gasteiger partial charge in [-0.05, 0) is 36.4 Å². The Morgan fingerprint density at radius 2 is 1.88 bits per heavy atom. The Morgan fingerprint density at radius 3 is 2.54 bits per heavy atom. The molecule has 1 aromatic heterocycles. The van der Waals surface area contributed by atoms with Gasteiger partial charge in [0.2, 0.25) is 0 Å². The fourth-order valence-electron chi connectivity index (χ4n) is 2.61. The van der Waals surface area contributed by atoms with Gasteiger partial charge in [0.25, 0.3) is 5.69 Å². The third-order valence-corrected chi connectivity index (χ3v) is 3.97. The topological polar surface area (TPSA) is 97.6 Å². The van der Waals surface area contributed by atoms with Gasteiger partial charge in [-0.15, -0.1) is 0 Å². The van der Waals surface area contributed by atoms with Crippen molar-refractivity contribution in [3.05, 3.63) is 65.0 Å². The molecule has 0 spiro atoms. The first kappa shape index (κ1) is 17.2. The molecule has 0 unspecified atom stereocenters. The van der Waals surface area contributed by atoms with Crippen LogP contribution in [0.4, 0.5) is 27.5 Å². The fourth-order valence-corrected chi connectivity index (χ4v) is 2.61. The number of fused-ring (bicyclic) bond motifs is 1. The Balaban J connectivity index is 1.91. The molecule has 1 amide bonds. The molecule has 0 aliphatic rings. The summed E-state index contributed by atoms with van der Waals surface area (Å²) in [5, 5.41) is 15.6. The summed E-state index contributed by atoms with van der Waals surface area (Å²) in [7, 11) is 2.94. The third-order valence-electron chi connectivity index (χ3n) is 3.97. The number of hydrogen-bond donors (Lipinski definition) is 1. The maximum Gasteiger partial charge on any atom is 0.413 e. The molecule has 3 aromatic rings. The summed E-state index contributed by atoms with van der Waals surface area (Å²) >= 11 is 0. The molecule has 8 nitrogen and oxygen atoms in total. The smallest absolute Gasteiger partial charge is 0.413 e. The Bertz CT molecular complexity index is 973. The van der Waals surface area contributed by atoms with E-state index in [0.717, 1.165) is 11.4 Å². The normalized spacial score (nSPS) is 10.4. The van der Waals surface area contributed by atoms with Crippen LogP contribution in [0, 0.1) is 10.1 Å². The summed E-state index contributed by atoms with van der Waals surface area (Å²) in [6.07, 6.45) is 2.61. The van der Waals surface area contributed by atoms with Crippen LogP contribution in [0.2, 0.25) is 0 Å². The molecule has 26 heavy (non-hydrogen) atoms. The number of aromatic nitrogens is 1.